The SMILES string of the molecule is CCNC(=NCCCOCC1CC1)NCCc1ncc(C)s1. The predicted molar refractivity (Wildman–Crippen MR) is 92.7 cm³/mol. The molecule has 124 valence electrons. The lowest BCUT2D eigenvalue weighted by Gasteiger charge is -2.10. The molecule has 6 heteroatoms. The topological polar surface area (TPSA) is 58.5 Å². The molecule has 1 fully saturated rings. The molecule has 0 atom stereocenters. The maximum atomic E-state index is 5.62. The minimum Gasteiger partial charge on any atom is -0.381 e. The summed E-state index contributed by atoms with van der Waals surface area (Å²) in [5.74, 6) is 1.73. The lowest BCUT2D eigenvalue weighted by Crippen LogP contribution is -2.38. The fourth-order valence-electron chi connectivity index (χ4n) is 2.04. The van der Waals surface area contributed by atoms with Crippen LogP contribution in [0.15, 0.2) is 11.2 Å². The summed E-state index contributed by atoms with van der Waals surface area (Å²) in [7, 11) is 0. The maximum absolute atomic E-state index is 5.62. The number of hydrogen-bond donors (Lipinski definition) is 2. The van der Waals surface area contributed by atoms with E-state index in [4.69, 9.17) is 4.74 Å². The lowest BCUT2D eigenvalue weighted by molar-refractivity contribution is 0.123. The quantitative estimate of drug-likeness (QED) is 0.394. The van der Waals surface area contributed by atoms with Crippen LogP contribution in [0.25, 0.3) is 0 Å². The number of aliphatic imine (C=N–C) groups is 1. The summed E-state index contributed by atoms with van der Waals surface area (Å²) in [4.78, 5) is 10.2. The average molecular weight is 324 g/mol. The van der Waals surface area contributed by atoms with Gasteiger partial charge in [-0.25, -0.2) is 4.98 Å². The van der Waals surface area contributed by atoms with Crippen molar-refractivity contribution in [3.63, 3.8) is 0 Å². The fraction of sp³-hybridized carbons (Fsp3) is 0.750. The average Bonchev–Trinajstić information content (AvgIpc) is 3.24. The van der Waals surface area contributed by atoms with Gasteiger partial charge in [0.05, 0.1) is 5.01 Å². The molecule has 5 nitrogen and oxygen atoms in total. The molecule has 2 rings (SSSR count). The largest absolute Gasteiger partial charge is 0.381 e. The third-order valence-electron chi connectivity index (χ3n) is 3.41. The molecule has 1 aliphatic rings. The van der Waals surface area contributed by atoms with E-state index in [2.05, 4.69) is 34.5 Å². The third-order valence-corrected chi connectivity index (χ3v) is 4.38. The van der Waals surface area contributed by atoms with E-state index in [1.165, 1.54) is 22.7 Å². The first-order valence-electron chi connectivity index (χ1n) is 8.29. The number of nitrogens with one attached hydrogen (secondary N) is 2. The fourth-order valence-corrected chi connectivity index (χ4v) is 2.83. The zero-order valence-corrected chi connectivity index (χ0v) is 14.5. The van der Waals surface area contributed by atoms with Gasteiger partial charge in [0.2, 0.25) is 0 Å². The highest BCUT2D eigenvalue weighted by Gasteiger charge is 2.20. The molecular weight excluding hydrogens is 296 g/mol. The Morgan fingerprint density at radius 3 is 3.00 bits per heavy atom. The van der Waals surface area contributed by atoms with Gasteiger partial charge < -0.3 is 15.4 Å². The molecule has 1 aromatic rings. The second-order valence-electron chi connectivity index (χ2n) is 5.67. The summed E-state index contributed by atoms with van der Waals surface area (Å²) in [6.45, 7) is 8.46. The molecule has 1 aliphatic carbocycles. The Labute approximate surface area is 137 Å². The number of aromatic nitrogens is 1. The number of thiazole rings is 1. The summed E-state index contributed by atoms with van der Waals surface area (Å²) < 4.78 is 5.62. The van der Waals surface area contributed by atoms with Gasteiger partial charge in [-0.05, 0) is 39.0 Å². The Morgan fingerprint density at radius 2 is 2.32 bits per heavy atom. The molecule has 1 heterocycles. The number of ether oxygens (including phenoxy) is 1. The highest BCUT2D eigenvalue weighted by molar-refractivity contribution is 7.11. The molecule has 0 unspecified atom stereocenters. The van der Waals surface area contributed by atoms with E-state index in [1.807, 2.05) is 6.20 Å². The van der Waals surface area contributed by atoms with Crippen LogP contribution in [0.4, 0.5) is 0 Å². The van der Waals surface area contributed by atoms with Crippen LogP contribution < -0.4 is 10.6 Å². The molecule has 0 spiro atoms. The highest BCUT2D eigenvalue weighted by Crippen LogP contribution is 2.28. The first kappa shape index (κ1) is 17.2. The molecule has 1 saturated carbocycles. The second-order valence-corrected chi connectivity index (χ2v) is 6.99. The van der Waals surface area contributed by atoms with Crippen molar-refractivity contribution >= 4 is 17.3 Å². The smallest absolute Gasteiger partial charge is 0.191 e. The monoisotopic (exact) mass is 324 g/mol. The van der Waals surface area contributed by atoms with Crippen LogP contribution >= 0.6 is 11.3 Å². The summed E-state index contributed by atoms with van der Waals surface area (Å²) in [6, 6.07) is 0. The Morgan fingerprint density at radius 1 is 1.45 bits per heavy atom. The Bertz CT molecular complexity index is 457. The van der Waals surface area contributed by atoms with Crippen molar-refractivity contribution in [2.75, 3.05) is 32.8 Å². The van der Waals surface area contributed by atoms with Gasteiger partial charge in [0.25, 0.3) is 0 Å². The van der Waals surface area contributed by atoms with Crippen molar-refractivity contribution in [3.05, 3.63) is 16.1 Å². The van der Waals surface area contributed by atoms with E-state index in [9.17, 15) is 0 Å². The van der Waals surface area contributed by atoms with E-state index in [0.717, 1.165) is 57.6 Å². The number of guanidine groups is 1. The molecule has 0 bridgehead atoms. The molecule has 0 aliphatic heterocycles. The van der Waals surface area contributed by atoms with E-state index >= 15 is 0 Å². The predicted octanol–water partition coefficient (Wildman–Crippen LogP) is 2.37. The van der Waals surface area contributed by atoms with E-state index in [-0.39, 0.29) is 0 Å². The summed E-state index contributed by atoms with van der Waals surface area (Å²) >= 11 is 1.76. The van der Waals surface area contributed by atoms with Gasteiger partial charge in [-0.2, -0.15) is 0 Å². The molecule has 0 aromatic carbocycles. The number of hydrogen-bond acceptors (Lipinski definition) is 4. The van der Waals surface area contributed by atoms with Crippen LogP contribution in [-0.2, 0) is 11.2 Å². The number of aryl methyl sites for hydroxylation is 1. The first-order chi connectivity index (χ1) is 10.8. The molecular formula is C16H28N4OS. The number of nitrogens with zero attached hydrogens (tertiary/aromatic N) is 2. The minimum atomic E-state index is 0.802. The van der Waals surface area contributed by atoms with Gasteiger partial charge in [-0.1, -0.05) is 0 Å². The van der Waals surface area contributed by atoms with Crippen molar-refractivity contribution < 1.29 is 4.74 Å². The Balaban J connectivity index is 1.58. The third kappa shape index (κ3) is 7.22. The molecule has 0 saturated heterocycles. The van der Waals surface area contributed by atoms with Crippen LogP contribution in [0.5, 0.6) is 0 Å². The van der Waals surface area contributed by atoms with Gasteiger partial charge >= 0.3 is 0 Å². The standard InChI is InChI=1S/C16H28N4OS/c1-3-17-16(18-8-4-10-21-12-14-5-6-14)19-9-7-15-20-11-13(2)22-15/h11,14H,3-10,12H2,1-2H3,(H2,17,18,19). The van der Waals surface area contributed by atoms with Crippen molar-refractivity contribution in [2.24, 2.45) is 10.9 Å². The van der Waals surface area contributed by atoms with Crippen LogP contribution in [0.1, 0.15) is 36.1 Å². The molecule has 22 heavy (non-hydrogen) atoms. The Hall–Kier alpha value is -1.14. The Kier molecular flexibility index (Phi) is 7.66. The van der Waals surface area contributed by atoms with Gasteiger partial charge in [0.1, 0.15) is 0 Å². The molecule has 0 radical (unpaired) electrons. The van der Waals surface area contributed by atoms with Gasteiger partial charge in [-0.3, -0.25) is 4.99 Å². The maximum Gasteiger partial charge on any atom is 0.191 e. The summed E-state index contributed by atoms with van der Waals surface area (Å²) in [5, 5.41) is 7.81. The number of rotatable bonds is 10. The summed E-state index contributed by atoms with van der Waals surface area (Å²) in [6.07, 6.45) is 6.56. The van der Waals surface area contributed by atoms with Crippen LogP contribution in [0.2, 0.25) is 0 Å². The van der Waals surface area contributed by atoms with E-state index in [1.54, 1.807) is 11.3 Å². The van der Waals surface area contributed by atoms with Gasteiger partial charge in [0, 0.05) is 50.3 Å². The molecule has 1 aromatic heterocycles. The summed E-state index contributed by atoms with van der Waals surface area (Å²) in [5.41, 5.74) is 0. The highest BCUT2D eigenvalue weighted by atomic mass is 32.1. The van der Waals surface area contributed by atoms with E-state index < -0.39 is 0 Å². The van der Waals surface area contributed by atoms with Crippen molar-refractivity contribution in [3.8, 4) is 0 Å². The van der Waals surface area contributed by atoms with Gasteiger partial charge in [0.15, 0.2) is 5.96 Å². The first-order valence-corrected chi connectivity index (χ1v) is 9.10. The van der Waals surface area contributed by atoms with Gasteiger partial charge in [-0.15, -0.1) is 11.3 Å². The second kappa shape index (κ2) is 9.79. The minimum absolute atomic E-state index is 0.802. The molecule has 2 N–H and O–H groups in total. The van der Waals surface area contributed by atoms with Crippen LogP contribution in [-0.4, -0.2) is 43.8 Å². The van der Waals surface area contributed by atoms with Crippen molar-refractivity contribution in [1.82, 2.24) is 15.6 Å². The zero-order chi connectivity index (χ0) is 15.6. The zero-order valence-electron chi connectivity index (χ0n) is 13.7. The molecule has 0 amide bonds. The van der Waals surface area contributed by atoms with E-state index in [0.29, 0.717) is 0 Å². The van der Waals surface area contributed by atoms with Crippen molar-refractivity contribution in [1.29, 1.82) is 0 Å². The normalized spacial score (nSPS) is 15.1. The van der Waals surface area contributed by atoms with Crippen LogP contribution in [0.3, 0.4) is 0 Å². The lowest BCUT2D eigenvalue weighted by atomic mass is 10.4. The van der Waals surface area contributed by atoms with Crippen LogP contribution in [0, 0.1) is 12.8 Å². The van der Waals surface area contributed by atoms with Crippen molar-refractivity contribution in [2.45, 2.75) is 39.5 Å².